The fraction of sp³-hybridized carbons (Fsp3) is 0.467. The lowest BCUT2D eigenvalue weighted by Crippen LogP contribution is -2.45. The molecule has 3 rings (SSSR count). The van der Waals surface area contributed by atoms with Gasteiger partial charge in [0.25, 0.3) is 0 Å². The van der Waals surface area contributed by atoms with Gasteiger partial charge in [-0.25, -0.2) is 4.39 Å². The first-order valence-corrected chi connectivity index (χ1v) is 7.37. The molecular weight excluding hydrogens is 287 g/mol. The highest BCUT2D eigenvalue weighted by molar-refractivity contribution is 5.90. The van der Waals surface area contributed by atoms with Crippen LogP contribution in [0.5, 0.6) is 0 Å². The normalized spacial score (nSPS) is 17.0. The molecule has 22 heavy (non-hydrogen) atoms. The predicted molar refractivity (Wildman–Crippen MR) is 81.2 cm³/mol. The molecule has 1 amide bonds. The largest absolute Gasteiger partial charge is 0.423 e. The van der Waals surface area contributed by atoms with Gasteiger partial charge in [-0.15, -0.1) is 0 Å². The molecule has 0 atom stereocenters. The number of aromatic nitrogens is 1. The van der Waals surface area contributed by atoms with E-state index in [1.165, 1.54) is 18.2 Å². The Labute approximate surface area is 127 Å². The molecule has 0 saturated carbocycles. The molecule has 0 bridgehead atoms. The number of likely N-dealkylation sites (N-methyl/N-ethyl adjacent to an activating group) is 1. The molecule has 1 saturated heterocycles. The Morgan fingerprint density at radius 3 is 2.91 bits per heavy atom. The van der Waals surface area contributed by atoms with Crippen LogP contribution in [-0.2, 0) is 4.79 Å². The molecule has 1 aromatic carbocycles. The average molecular weight is 306 g/mol. The van der Waals surface area contributed by atoms with E-state index in [1.54, 1.807) is 0 Å². The lowest BCUT2D eigenvalue weighted by atomic mass is 10.3. The summed E-state index contributed by atoms with van der Waals surface area (Å²) >= 11 is 0. The van der Waals surface area contributed by atoms with Crippen molar-refractivity contribution in [2.75, 3.05) is 45.1 Å². The van der Waals surface area contributed by atoms with Gasteiger partial charge in [-0.3, -0.25) is 10.1 Å². The first-order chi connectivity index (χ1) is 10.6. The summed E-state index contributed by atoms with van der Waals surface area (Å²) in [6.45, 7) is 4.73. The second-order valence-corrected chi connectivity index (χ2v) is 5.57. The molecule has 1 N–H and O–H groups in total. The summed E-state index contributed by atoms with van der Waals surface area (Å²) in [6, 6.07) is 4.20. The second-order valence-electron chi connectivity index (χ2n) is 5.57. The van der Waals surface area contributed by atoms with Crippen LogP contribution in [0.4, 0.5) is 10.4 Å². The van der Waals surface area contributed by atoms with Crippen molar-refractivity contribution < 1.29 is 13.6 Å². The van der Waals surface area contributed by atoms with Crippen LogP contribution in [0.25, 0.3) is 11.1 Å². The van der Waals surface area contributed by atoms with Crippen LogP contribution in [0.3, 0.4) is 0 Å². The van der Waals surface area contributed by atoms with Gasteiger partial charge in [0.15, 0.2) is 5.58 Å². The Morgan fingerprint density at radius 2 is 2.14 bits per heavy atom. The van der Waals surface area contributed by atoms with E-state index >= 15 is 0 Å². The molecule has 0 aliphatic carbocycles. The minimum absolute atomic E-state index is 0.115. The van der Waals surface area contributed by atoms with Gasteiger partial charge in [-0.05, 0) is 19.2 Å². The lowest BCUT2D eigenvalue weighted by Gasteiger charge is -2.32. The van der Waals surface area contributed by atoms with Gasteiger partial charge in [0.05, 0.1) is 0 Å². The molecule has 1 aromatic heterocycles. The zero-order chi connectivity index (χ0) is 15.5. The molecule has 1 aliphatic rings. The van der Waals surface area contributed by atoms with Gasteiger partial charge in [0, 0.05) is 45.2 Å². The van der Waals surface area contributed by atoms with Crippen molar-refractivity contribution in [2.45, 2.75) is 6.42 Å². The first-order valence-electron chi connectivity index (χ1n) is 7.37. The third-order valence-corrected chi connectivity index (χ3v) is 3.85. The van der Waals surface area contributed by atoms with Crippen LogP contribution < -0.4 is 5.32 Å². The topological polar surface area (TPSA) is 61.6 Å². The quantitative estimate of drug-likeness (QED) is 0.928. The van der Waals surface area contributed by atoms with Crippen LogP contribution in [0.2, 0.25) is 0 Å². The van der Waals surface area contributed by atoms with Crippen molar-refractivity contribution in [3.05, 3.63) is 24.0 Å². The third-order valence-electron chi connectivity index (χ3n) is 3.85. The van der Waals surface area contributed by atoms with Gasteiger partial charge < -0.3 is 14.2 Å². The number of carbonyl (C=O) groups is 1. The van der Waals surface area contributed by atoms with Gasteiger partial charge in [-0.2, -0.15) is 4.98 Å². The minimum atomic E-state index is -0.392. The van der Waals surface area contributed by atoms with E-state index in [-0.39, 0.29) is 11.9 Å². The predicted octanol–water partition coefficient (Wildman–Crippen LogP) is 1.54. The number of carbonyl (C=O) groups excluding carboxylic acids is 1. The Kier molecular flexibility index (Phi) is 4.35. The van der Waals surface area contributed by atoms with Crippen LogP contribution in [-0.4, -0.2) is 60.5 Å². The number of halogens is 1. The maximum absolute atomic E-state index is 13.1. The second kappa shape index (κ2) is 6.41. The summed E-state index contributed by atoms with van der Waals surface area (Å²) in [4.78, 5) is 20.6. The molecule has 1 aliphatic heterocycles. The van der Waals surface area contributed by atoms with Gasteiger partial charge in [0.1, 0.15) is 11.3 Å². The molecule has 0 unspecified atom stereocenters. The van der Waals surface area contributed by atoms with Gasteiger partial charge in [-0.1, -0.05) is 0 Å². The molecule has 2 aromatic rings. The third kappa shape index (κ3) is 3.61. The van der Waals surface area contributed by atoms with E-state index in [9.17, 15) is 9.18 Å². The van der Waals surface area contributed by atoms with E-state index in [4.69, 9.17) is 4.42 Å². The molecule has 7 heteroatoms. The summed E-state index contributed by atoms with van der Waals surface area (Å²) < 4.78 is 18.4. The summed E-state index contributed by atoms with van der Waals surface area (Å²) in [5.41, 5.74) is 0.852. The molecular formula is C15H19FN4O2. The van der Waals surface area contributed by atoms with Crippen molar-refractivity contribution >= 4 is 23.0 Å². The van der Waals surface area contributed by atoms with Crippen molar-refractivity contribution in [3.8, 4) is 0 Å². The van der Waals surface area contributed by atoms with E-state index < -0.39 is 5.82 Å². The lowest BCUT2D eigenvalue weighted by molar-refractivity contribution is -0.116. The van der Waals surface area contributed by atoms with Crippen molar-refractivity contribution in [2.24, 2.45) is 0 Å². The fourth-order valence-corrected chi connectivity index (χ4v) is 2.46. The number of oxazole rings is 1. The molecule has 0 spiro atoms. The van der Waals surface area contributed by atoms with Crippen LogP contribution >= 0.6 is 0 Å². The molecule has 118 valence electrons. The van der Waals surface area contributed by atoms with Gasteiger partial charge in [0.2, 0.25) is 5.91 Å². The van der Waals surface area contributed by atoms with Gasteiger partial charge >= 0.3 is 6.01 Å². The van der Waals surface area contributed by atoms with Crippen LogP contribution in [0, 0.1) is 5.82 Å². The Morgan fingerprint density at radius 1 is 1.36 bits per heavy atom. The number of hydrogen-bond acceptors (Lipinski definition) is 5. The van der Waals surface area contributed by atoms with Crippen molar-refractivity contribution in [1.82, 2.24) is 14.8 Å². The number of nitrogens with one attached hydrogen (secondary N) is 1. The van der Waals surface area contributed by atoms with Crippen LogP contribution in [0.15, 0.2) is 22.6 Å². The fourth-order valence-electron chi connectivity index (χ4n) is 2.46. The number of benzene rings is 1. The van der Waals surface area contributed by atoms with E-state index in [2.05, 4.69) is 27.1 Å². The number of piperazine rings is 1. The van der Waals surface area contributed by atoms with E-state index in [1.807, 2.05) is 0 Å². The standard InChI is InChI=1S/C15H19FN4O2/c1-19-6-8-20(9-7-19)5-4-14(21)18-15-17-12-3-2-11(16)10-13(12)22-15/h2-3,10H,4-9H2,1H3,(H,17,18,21). The maximum atomic E-state index is 13.1. The number of fused-ring (bicyclic) bond motifs is 1. The molecule has 1 fully saturated rings. The molecule has 2 heterocycles. The average Bonchev–Trinajstić information content (AvgIpc) is 2.88. The highest BCUT2D eigenvalue weighted by Gasteiger charge is 2.15. The van der Waals surface area contributed by atoms with E-state index in [0.717, 1.165) is 26.2 Å². The maximum Gasteiger partial charge on any atom is 0.302 e. The Bertz CT molecular complexity index is 665. The summed E-state index contributed by atoms with van der Waals surface area (Å²) in [7, 11) is 2.10. The monoisotopic (exact) mass is 306 g/mol. The molecule has 6 nitrogen and oxygen atoms in total. The zero-order valence-corrected chi connectivity index (χ0v) is 12.5. The van der Waals surface area contributed by atoms with Crippen molar-refractivity contribution in [1.29, 1.82) is 0 Å². The number of nitrogens with zero attached hydrogens (tertiary/aromatic N) is 3. The first kappa shape index (κ1) is 14.9. The Hall–Kier alpha value is -1.99. The smallest absolute Gasteiger partial charge is 0.302 e. The Balaban J connectivity index is 1.52. The number of rotatable bonds is 4. The summed E-state index contributed by atoms with van der Waals surface area (Å²) in [5, 5.41) is 2.62. The minimum Gasteiger partial charge on any atom is -0.423 e. The number of anilines is 1. The summed E-state index contributed by atoms with van der Waals surface area (Å²) in [6.07, 6.45) is 0.386. The zero-order valence-electron chi connectivity index (χ0n) is 12.5. The number of hydrogen-bond donors (Lipinski definition) is 1. The highest BCUT2D eigenvalue weighted by Crippen LogP contribution is 2.19. The van der Waals surface area contributed by atoms with Crippen LogP contribution in [0.1, 0.15) is 6.42 Å². The molecule has 0 radical (unpaired) electrons. The van der Waals surface area contributed by atoms with E-state index in [0.29, 0.717) is 24.1 Å². The summed E-state index contributed by atoms with van der Waals surface area (Å²) in [5.74, 6) is -0.539. The highest BCUT2D eigenvalue weighted by atomic mass is 19.1. The van der Waals surface area contributed by atoms with Crippen molar-refractivity contribution in [3.63, 3.8) is 0 Å². The number of amides is 1. The SMILES string of the molecule is CN1CCN(CCC(=O)Nc2nc3ccc(F)cc3o2)CC1.